The molecule has 188 valence electrons. The van der Waals surface area contributed by atoms with E-state index in [2.05, 4.69) is 24.4 Å². The minimum atomic E-state index is -0.529. The Morgan fingerprint density at radius 1 is 1.00 bits per heavy atom. The van der Waals surface area contributed by atoms with Crippen LogP contribution in [0.15, 0.2) is 70.2 Å². The largest absolute Gasteiger partial charge is 0.453 e. The highest BCUT2D eigenvalue weighted by Gasteiger charge is 2.29. The number of carbonyl (C=O) groups excluding carboxylic acids is 2. The number of rotatable bonds is 5. The first-order valence-electron chi connectivity index (χ1n) is 12.6. The van der Waals surface area contributed by atoms with Gasteiger partial charge >= 0.3 is 5.97 Å². The van der Waals surface area contributed by atoms with E-state index in [0.29, 0.717) is 41.2 Å². The van der Waals surface area contributed by atoms with Gasteiger partial charge in [0.05, 0.1) is 5.71 Å². The van der Waals surface area contributed by atoms with Gasteiger partial charge in [-0.15, -0.1) is 0 Å². The molecular weight excluding hydrogens is 464 g/mol. The fourth-order valence-electron chi connectivity index (χ4n) is 4.93. The number of fused-ring (bicyclic) bond motifs is 2. The zero-order valence-corrected chi connectivity index (χ0v) is 21.6. The van der Waals surface area contributed by atoms with E-state index in [1.807, 2.05) is 68.4 Å². The van der Waals surface area contributed by atoms with Crippen LogP contribution in [0.2, 0.25) is 0 Å². The summed E-state index contributed by atoms with van der Waals surface area (Å²) >= 11 is 0. The third-order valence-corrected chi connectivity index (χ3v) is 6.83. The lowest BCUT2D eigenvalue weighted by atomic mass is 9.93. The smallest absolute Gasteiger partial charge is 0.379 e. The van der Waals surface area contributed by atoms with E-state index in [4.69, 9.17) is 9.15 Å². The number of benzene rings is 3. The summed E-state index contributed by atoms with van der Waals surface area (Å²) in [5.74, 6) is 0.818. The normalized spacial score (nSPS) is 14.1. The third-order valence-electron chi connectivity index (χ3n) is 6.83. The van der Waals surface area contributed by atoms with Crippen LogP contribution < -0.4 is 10.2 Å². The van der Waals surface area contributed by atoms with Crippen LogP contribution in [0.1, 0.15) is 81.5 Å². The molecule has 0 fully saturated rings. The maximum atomic E-state index is 13.2. The van der Waals surface area contributed by atoms with Crippen LogP contribution in [0, 0.1) is 13.8 Å². The summed E-state index contributed by atoms with van der Waals surface area (Å²) in [6.07, 6.45) is 2.18. The van der Waals surface area contributed by atoms with Crippen molar-refractivity contribution in [3.05, 3.63) is 100 Å². The number of aryl methyl sites for hydroxylation is 2. The van der Waals surface area contributed by atoms with Crippen molar-refractivity contribution in [3.63, 3.8) is 0 Å². The van der Waals surface area contributed by atoms with Crippen LogP contribution in [0.3, 0.4) is 0 Å². The van der Waals surface area contributed by atoms with E-state index in [1.165, 1.54) is 0 Å². The number of amides is 1. The molecule has 0 unspecified atom stereocenters. The predicted molar refractivity (Wildman–Crippen MR) is 145 cm³/mol. The Kier molecular flexibility index (Phi) is 6.66. The second kappa shape index (κ2) is 10.1. The van der Waals surface area contributed by atoms with Gasteiger partial charge in [-0.1, -0.05) is 62.4 Å². The van der Waals surface area contributed by atoms with Crippen molar-refractivity contribution in [2.45, 2.75) is 52.9 Å². The highest BCUT2D eigenvalue weighted by Crippen LogP contribution is 2.32. The molecule has 0 radical (unpaired) electrons. The quantitative estimate of drug-likeness (QED) is 0.187. The molecule has 3 aromatic carbocycles. The molecule has 4 aromatic rings. The van der Waals surface area contributed by atoms with Crippen LogP contribution in [0.25, 0.3) is 10.8 Å². The average molecular weight is 495 g/mol. The molecule has 0 spiro atoms. The Balaban J connectivity index is 1.42. The SMILES string of the molecule is Cc1ccc(C(C)C)c(OC(=O)c2oc3c(c2C)/C(=N/NC(=O)c2cccc4ccccc24)CCC3)c1. The lowest BCUT2D eigenvalue weighted by Crippen LogP contribution is -2.22. The van der Waals surface area contributed by atoms with E-state index in [0.717, 1.165) is 33.9 Å². The highest BCUT2D eigenvalue weighted by molar-refractivity contribution is 6.09. The molecule has 0 aliphatic heterocycles. The van der Waals surface area contributed by atoms with Gasteiger partial charge in [0.25, 0.3) is 5.91 Å². The van der Waals surface area contributed by atoms with E-state index in [9.17, 15) is 9.59 Å². The van der Waals surface area contributed by atoms with Crippen LogP contribution in [0.4, 0.5) is 0 Å². The first-order valence-corrected chi connectivity index (χ1v) is 12.6. The molecule has 1 N–H and O–H groups in total. The second-order valence-electron chi connectivity index (χ2n) is 9.82. The number of esters is 1. The van der Waals surface area contributed by atoms with Crippen molar-refractivity contribution in [2.24, 2.45) is 5.10 Å². The summed E-state index contributed by atoms with van der Waals surface area (Å²) in [7, 11) is 0. The molecule has 0 bridgehead atoms. The summed E-state index contributed by atoms with van der Waals surface area (Å²) in [6.45, 7) is 7.93. The van der Waals surface area contributed by atoms with Crippen LogP contribution in [-0.2, 0) is 6.42 Å². The minimum absolute atomic E-state index is 0.177. The van der Waals surface area contributed by atoms with Crippen LogP contribution in [-0.4, -0.2) is 17.6 Å². The molecule has 1 amide bonds. The Bertz CT molecular complexity index is 1540. The summed E-state index contributed by atoms with van der Waals surface area (Å²) < 4.78 is 11.8. The topological polar surface area (TPSA) is 80.9 Å². The van der Waals surface area contributed by atoms with Gasteiger partial charge in [-0.25, -0.2) is 10.2 Å². The minimum Gasteiger partial charge on any atom is -0.453 e. The van der Waals surface area contributed by atoms with Gasteiger partial charge in [-0.05, 0) is 66.6 Å². The number of hydrogen-bond acceptors (Lipinski definition) is 5. The van der Waals surface area contributed by atoms with Crippen molar-refractivity contribution in [2.75, 3.05) is 0 Å². The molecule has 1 aromatic heterocycles. The monoisotopic (exact) mass is 494 g/mol. The number of hydrogen-bond donors (Lipinski definition) is 1. The zero-order chi connectivity index (χ0) is 26.1. The lowest BCUT2D eigenvalue weighted by Gasteiger charge is -2.14. The standard InChI is InChI=1S/C31H30N2O4/c1-18(2)22-16-15-19(3)17-27(22)37-31(35)29-20(4)28-25(13-8-14-26(28)36-29)32-33-30(34)24-12-7-10-21-9-5-6-11-23(21)24/h5-7,9-12,15-18H,8,13-14H2,1-4H3,(H,33,34)/b32-25+. The molecular formula is C31H30N2O4. The van der Waals surface area contributed by atoms with E-state index < -0.39 is 5.97 Å². The van der Waals surface area contributed by atoms with Gasteiger partial charge in [0, 0.05) is 23.1 Å². The molecule has 0 saturated carbocycles. The van der Waals surface area contributed by atoms with Crippen molar-refractivity contribution in [1.82, 2.24) is 5.43 Å². The van der Waals surface area contributed by atoms with Crippen molar-refractivity contribution in [1.29, 1.82) is 0 Å². The van der Waals surface area contributed by atoms with Crippen molar-refractivity contribution < 1.29 is 18.7 Å². The number of nitrogens with one attached hydrogen (secondary N) is 1. The lowest BCUT2D eigenvalue weighted by molar-refractivity contribution is 0.0696. The summed E-state index contributed by atoms with van der Waals surface area (Å²) in [5, 5.41) is 6.34. The fraction of sp³-hybridized carbons (Fsp3) is 0.258. The molecule has 6 nitrogen and oxygen atoms in total. The third kappa shape index (κ3) is 4.79. The number of furan rings is 1. The molecule has 6 heteroatoms. The molecule has 1 aliphatic rings. The fourth-order valence-corrected chi connectivity index (χ4v) is 4.93. The Morgan fingerprint density at radius 3 is 2.59 bits per heavy atom. The Labute approximate surface area is 216 Å². The molecule has 5 rings (SSSR count). The van der Waals surface area contributed by atoms with E-state index in [-0.39, 0.29) is 17.6 Å². The Hall–Kier alpha value is -4.19. The maximum absolute atomic E-state index is 13.2. The van der Waals surface area contributed by atoms with Gasteiger partial charge in [0.1, 0.15) is 11.5 Å². The summed E-state index contributed by atoms with van der Waals surface area (Å²) in [4.78, 5) is 26.2. The van der Waals surface area contributed by atoms with Crippen molar-refractivity contribution >= 4 is 28.4 Å². The van der Waals surface area contributed by atoms with Crippen molar-refractivity contribution in [3.8, 4) is 5.75 Å². The van der Waals surface area contributed by atoms with Gasteiger partial charge < -0.3 is 9.15 Å². The average Bonchev–Trinajstić information content (AvgIpc) is 3.24. The molecule has 1 heterocycles. The number of ether oxygens (including phenoxy) is 1. The van der Waals surface area contributed by atoms with Crippen LogP contribution in [0.5, 0.6) is 5.75 Å². The highest BCUT2D eigenvalue weighted by atomic mass is 16.5. The maximum Gasteiger partial charge on any atom is 0.379 e. The van der Waals surface area contributed by atoms with Gasteiger partial charge in [0.2, 0.25) is 5.76 Å². The molecule has 37 heavy (non-hydrogen) atoms. The number of hydrazone groups is 1. The molecule has 0 saturated heterocycles. The van der Waals surface area contributed by atoms with Crippen LogP contribution >= 0.6 is 0 Å². The Morgan fingerprint density at radius 2 is 1.78 bits per heavy atom. The summed E-state index contributed by atoms with van der Waals surface area (Å²) in [6, 6.07) is 19.3. The molecule has 1 aliphatic carbocycles. The first kappa shape index (κ1) is 24.5. The molecule has 0 atom stereocenters. The number of nitrogens with zero attached hydrogens (tertiary/aromatic N) is 1. The predicted octanol–water partition coefficient (Wildman–Crippen LogP) is 6.86. The number of carbonyl (C=O) groups is 2. The van der Waals surface area contributed by atoms with E-state index in [1.54, 1.807) is 6.07 Å². The second-order valence-corrected chi connectivity index (χ2v) is 9.82. The van der Waals surface area contributed by atoms with Gasteiger partial charge in [-0.2, -0.15) is 5.10 Å². The van der Waals surface area contributed by atoms with Gasteiger partial charge in [-0.3, -0.25) is 4.79 Å². The van der Waals surface area contributed by atoms with E-state index >= 15 is 0 Å². The first-order chi connectivity index (χ1) is 17.8. The zero-order valence-electron chi connectivity index (χ0n) is 21.6. The summed E-state index contributed by atoms with van der Waals surface area (Å²) in [5.41, 5.74) is 7.42. The van der Waals surface area contributed by atoms with Gasteiger partial charge in [0.15, 0.2) is 0 Å².